The first-order valence-corrected chi connectivity index (χ1v) is 10.0. The Hall–Kier alpha value is -3.06. The molecule has 0 spiro atoms. The minimum atomic E-state index is -0.212. The van der Waals surface area contributed by atoms with Crippen LogP contribution in [0.3, 0.4) is 0 Å². The highest BCUT2D eigenvalue weighted by atomic mass is 32.2. The summed E-state index contributed by atoms with van der Waals surface area (Å²) in [4.78, 5) is 16.8. The summed E-state index contributed by atoms with van der Waals surface area (Å²) >= 11 is 1.38. The average molecular weight is 410 g/mol. The molecule has 0 saturated carbocycles. The molecular formula is C22H23N3O3S. The van der Waals surface area contributed by atoms with Gasteiger partial charge in [0, 0.05) is 10.9 Å². The average Bonchev–Trinajstić information content (AvgIpc) is 2.72. The second-order valence-electron chi connectivity index (χ2n) is 6.46. The van der Waals surface area contributed by atoms with E-state index in [1.54, 1.807) is 20.3 Å². The van der Waals surface area contributed by atoms with Crippen LogP contribution in [0.25, 0.3) is 10.9 Å². The second-order valence-corrected chi connectivity index (χ2v) is 7.46. The number of aryl methyl sites for hydroxylation is 2. The zero-order chi connectivity index (χ0) is 20.8. The third kappa shape index (κ3) is 5.06. The van der Waals surface area contributed by atoms with E-state index in [0.29, 0.717) is 17.1 Å². The van der Waals surface area contributed by atoms with Crippen LogP contribution in [0.5, 0.6) is 11.5 Å². The van der Waals surface area contributed by atoms with Crippen LogP contribution in [0.1, 0.15) is 16.7 Å². The highest BCUT2D eigenvalue weighted by Crippen LogP contribution is 2.29. The van der Waals surface area contributed by atoms with Gasteiger partial charge < -0.3 is 9.47 Å². The lowest BCUT2D eigenvalue weighted by molar-refractivity contribution is -0.118. The molecule has 0 aliphatic carbocycles. The molecule has 7 heteroatoms. The number of benzene rings is 2. The van der Waals surface area contributed by atoms with E-state index in [-0.39, 0.29) is 11.7 Å². The first kappa shape index (κ1) is 20.7. The molecule has 3 rings (SSSR count). The maximum atomic E-state index is 12.1. The SMILES string of the molecule is COc1cccc(/C=N\NC(=O)CSc2cc(C)c3cc(C)ccc3n2)c1OC. The Labute approximate surface area is 174 Å². The van der Waals surface area contributed by atoms with E-state index in [9.17, 15) is 4.79 Å². The van der Waals surface area contributed by atoms with Crippen molar-refractivity contribution in [3.05, 3.63) is 59.2 Å². The van der Waals surface area contributed by atoms with Gasteiger partial charge in [0.15, 0.2) is 11.5 Å². The van der Waals surface area contributed by atoms with Gasteiger partial charge in [0.2, 0.25) is 5.91 Å². The summed E-state index contributed by atoms with van der Waals surface area (Å²) in [5.74, 6) is 1.17. The van der Waals surface area contributed by atoms with Crippen molar-refractivity contribution in [1.82, 2.24) is 10.4 Å². The lowest BCUT2D eigenvalue weighted by Crippen LogP contribution is -2.19. The van der Waals surface area contributed by atoms with Crippen LogP contribution < -0.4 is 14.9 Å². The predicted molar refractivity (Wildman–Crippen MR) is 117 cm³/mol. The van der Waals surface area contributed by atoms with Crippen molar-refractivity contribution in [2.45, 2.75) is 18.9 Å². The van der Waals surface area contributed by atoms with Crippen LogP contribution in [-0.4, -0.2) is 37.1 Å². The van der Waals surface area contributed by atoms with E-state index in [0.717, 1.165) is 21.5 Å². The number of ether oxygens (including phenoxy) is 2. The number of para-hydroxylation sites is 1. The van der Waals surface area contributed by atoms with Crippen LogP contribution in [0.2, 0.25) is 0 Å². The minimum absolute atomic E-state index is 0.212. The molecule has 1 heterocycles. The molecule has 0 fully saturated rings. The Kier molecular flexibility index (Phi) is 6.72. The van der Waals surface area contributed by atoms with Crippen LogP contribution in [-0.2, 0) is 4.79 Å². The molecule has 0 radical (unpaired) electrons. The van der Waals surface area contributed by atoms with E-state index >= 15 is 0 Å². The van der Waals surface area contributed by atoms with Crippen molar-refractivity contribution in [1.29, 1.82) is 0 Å². The number of nitrogens with one attached hydrogen (secondary N) is 1. The third-order valence-corrected chi connectivity index (χ3v) is 5.24. The van der Waals surface area contributed by atoms with Gasteiger partial charge in [-0.15, -0.1) is 0 Å². The molecule has 0 aliphatic heterocycles. The molecule has 6 nitrogen and oxygen atoms in total. The fourth-order valence-electron chi connectivity index (χ4n) is 2.91. The van der Waals surface area contributed by atoms with Gasteiger partial charge in [-0.1, -0.05) is 29.5 Å². The quantitative estimate of drug-likeness (QED) is 0.361. The fraction of sp³-hybridized carbons (Fsp3) is 0.227. The number of carbonyl (C=O) groups is 1. The van der Waals surface area contributed by atoms with E-state index in [2.05, 4.69) is 35.4 Å². The van der Waals surface area contributed by atoms with Crippen molar-refractivity contribution >= 4 is 34.8 Å². The van der Waals surface area contributed by atoms with E-state index < -0.39 is 0 Å². The number of methoxy groups -OCH3 is 2. The summed E-state index contributed by atoms with van der Waals surface area (Å²) in [6.07, 6.45) is 1.53. The highest BCUT2D eigenvalue weighted by Gasteiger charge is 2.09. The van der Waals surface area contributed by atoms with Gasteiger partial charge in [-0.25, -0.2) is 10.4 Å². The third-order valence-electron chi connectivity index (χ3n) is 4.32. The largest absolute Gasteiger partial charge is 0.493 e. The molecule has 150 valence electrons. The van der Waals surface area contributed by atoms with Gasteiger partial charge in [-0.2, -0.15) is 5.10 Å². The summed E-state index contributed by atoms with van der Waals surface area (Å²) in [5.41, 5.74) is 6.52. The molecule has 0 bridgehead atoms. The molecule has 1 aromatic heterocycles. The zero-order valence-electron chi connectivity index (χ0n) is 16.9. The van der Waals surface area contributed by atoms with Crippen LogP contribution in [0.15, 0.2) is 52.6 Å². The maximum Gasteiger partial charge on any atom is 0.250 e. The van der Waals surface area contributed by atoms with Crippen LogP contribution >= 0.6 is 11.8 Å². The van der Waals surface area contributed by atoms with Crippen molar-refractivity contribution in [2.75, 3.05) is 20.0 Å². The molecule has 3 aromatic rings. The molecule has 0 aliphatic rings. The number of nitrogens with zero attached hydrogens (tertiary/aromatic N) is 2. The number of rotatable bonds is 7. The predicted octanol–water partition coefficient (Wildman–Crippen LogP) is 4.11. The monoisotopic (exact) mass is 409 g/mol. The zero-order valence-corrected chi connectivity index (χ0v) is 17.7. The number of pyridine rings is 1. The summed E-state index contributed by atoms with van der Waals surface area (Å²) < 4.78 is 10.6. The van der Waals surface area contributed by atoms with Crippen molar-refractivity contribution in [3.63, 3.8) is 0 Å². The Bertz CT molecular complexity index is 1070. The molecule has 0 saturated heterocycles. The van der Waals surface area contributed by atoms with Gasteiger partial charge in [0.25, 0.3) is 0 Å². The number of amides is 1. The van der Waals surface area contributed by atoms with Gasteiger partial charge in [-0.05, 0) is 49.7 Å². The summed E-state index contributed by atoms with van der Waals surface area (Å²) in [6.45, 7) is 4.12. The maximum absolute atomic E-state index is 12.1. The number of hydrogen-bond donors (Lipinski definition) is 1. The molecule has 0 atom stereocenters. The Morgan fingerprint density at radius 3 is 2.76 bits per heavy atom. The lowest BCUT2D eigenvalue weighted by atomic mass is 10.1. The number of hydrazone groups is 1. The molecule has 0 unspecified atom stereocenters. The van der Waals surface area contributed by atoms with Crippen molar-refractivity contribution in [3.8, 4) is 11.5 Å². The summed E-state index contributed by atoms with van der Waals surface area (Å²) in [5, 5.41) is 5.97. The van der Waals surface area contributed by atoms with Crippen molar-refractivity contribution < 1.29 is 14.3 Å². The van der Waals surface area contributed by atoms with E-state index in [4.69, 9.17) is 9.47 Å². The minimum Gasteiger partial charge on any atom is -0.493 e. The van der Waals surface area contributed by atoms with E-state index in [1.807, 2.05) is 30.3 Å². The van der Waals surface area contributed by atoms with Crippen molar-refractivity contribution in [2.24, 2.45) is 5.10 Å². The molecule has 1 N–H and O–H groups in total. The first-order valence-electron chi connectivity index (χ1n) is 9.05. The van der Waals surface area contributed by atoms with Gasteiger partial charge in [0.05, 0.1) is 36.7 Å². The van der Waals surface area contributed by atoms with Gasteiger partial charge >= 0.3 is 0 Å². The molecule has 29 heavy (non-hydrogen) atoms. The number of fused-ring (bicyclic) bond motifs is 1. The normalized spacial score (nSPS) is 11.0. The van der Waals surface area contributed by atoms with Crippen LogP contribution in [0.4, 0.5) is 0 Å². The molecule has 2 aromatic carbocycles. The van der Waals surface area contributed by atoms with Gasteiger partial charge in [-0.3, -0.25) is 4.79 Å². The number of thioether (sulfide) groups is 1. The number of hydrogen-bond acceptors (Lipinski definition) is 6. The first-order chi connectivity index (χ1) is 14.0. The summed E-state index contributed by atoms with van der Waals surface area (Å²) in [6, 6.07) is 13.6. The smallest absolute Gasteiger partial charge is 0.250 e. The Morgan fingerprint density at radius 2 is 2.00 bits per heavy atom. The number of aromatic nitrogens is 1. The second kappa shape index (κ2) is 9.43. The Balaban J connectivity index is 1.61. The van der Waals surface area contributed by atoms with Gasteiger partial charge in [0.1, 0.15) is 0 Å². The summed E-state index contributed by atoms with van der Waals surface area (Å²) in [7, 11) is 3.13. The topological polar surface area (TPSA) is 72.8 Å². The highest BCUT2D eigenvalue weighted by molar-refractivity contribution is 7.99. The standard InChI is InChI=1S/C22H23N3O3S/c1-14-8-9-18-17(10-14)15(2)11-21(24-18)29-13-20(26)25-23-12-16-6-5-7-19(27-3)22(16)28-4/h5-12H,13H2,1-4H3,(H,25,26)/b23-12-. The fourth-order valence-corrected chi connectivity index (χ4v) is 3.68. The van der Waals surface area contributed by atoms with Crippen LogP contribution in [0, 0.1) is 13.8 Å². The van der Waals surface area contributed by atoms with E-state index in [1.165, 1.54) is 23.5 Å². The lowest BCUT2D eigenvalue weighted by Gasteiger charge is -2.09. The Morgan fingerprint density at radius 1 is 1.17 bits per heavy atom. The molecular weight excluding hydrogens is 386 g/mol. The number of carbonyl (C=O) groups excluding carboxylic acids is 1. The molecule has 1 amide bonds.